The Morgan fingerprint density at radius 1 is 0.500 bits per heavy atom. The molecule has 1 rings (SSSR count). The molecular weight excluding hydrogens is 909 g/mol. The van der Waals surface area contributed by atoms with Crippen molar-refractivity contribution in [2.24, 2.45) is 0 Å². The van der Waals surface area contributed by atoms with E-state index in [1.165, 1.54) is 109 Å². The number of carbonyl (C=O) groups excluding carboxylic acids is 2. The van der Waals surface area contributed by atoms with Gasteiger partial charge in [0.2, 0.25) is 0 Å². The molecule has 1 aliphatic heterocycles. The topological polar surface area (TPSA) is 186 Å². The lowest BCUT2D eigenvalue weighted by Gasteiger charge is -2.40. The predicted octanol–water partition coefficient (Wildman–Crippen LogP) is 13.0. The van der Waals surface area contributed by atoms with Crippen molar-refractivity contribution in [3.05, 3.63) is 72.9 Å². The molecular formula is C57H98O12S. The third kappa shape index (κ3) is 39.7. The van der Waals surface area contributed by atoms with E-state index in [-0.39, 0.29) is 19.4 Å². The van der Waals surface area contributed by atoms with Crippen LogP contribution in [0, 0.1) is 0 Å². The van der Waals surface area contributed by atoms with E-state index in [0.29, 0.717) is 12.8 Å². The molecule has 6 atom stereocenters. The highest BCUT2D eigenvalue weighted by molar-refractivity contribution is 7.85. The fourth-order valence-electron chi connectivity index (χ4n) is 8.06. The predicted molar refractivity (Wildman–Crippen MR) is 284 cm³/mol. The van der Waals surface area contributed by atoms with E-state index in [1.807, 2.05) is 0 Å². The van der Waals surface area contributed by atoms with Crippen LogP contribution in [0.1, 0.15) is 219 Å². The van der Waals surface area contributed by atoms with Gasteiger partial charge in [0.25, 0.3) is 10.1 Å². The summed E-state index contributed by atoms with van der Waals surface area (Å²) < 4.78 is 54.2. The first-order chi connectivity index (χ1) is 34.0. The van der Waals surface area contributed by atoms with Crippen LogP contribution in [0.4, 0.5) is 0 Å². The van der Waals surface area contributed by atoms with Gasteiger partial charge in [-0.1, -0.05) is 202 Å². The van der Waals surface area contributed by atoms with Crippen molar-refractivity contribution in [3.8, 4) is 0 Å². The molecule has 0 spiro atoms. The van der Waals surface area contributed by atoms with Gasteiger partial charge >= 0.3 is 11.9 Å². The Bertz CT molecular complexity index is 1550. The maximum absolute atomic E-state index is 12.9. The van der Waals surface area contributed by atoms with Gasteiger partial charge in [-0.05, 0) is 77.0 Å². The van der Waals surface area contributed by atoms with Crippen molar-refractivity contribution < 1.29 is 56.8 Å². The highest BCUT2D eigenvalue weighted by atomic mass is 32.2. The lowest BCUT2D eigenvalue weighted by atomic mass is 10.00. The quantitative estimate of drug-likeness (QED) is 0.0196. The number of ether oxygens (including phenoxy) is 4. The van der Waals surface area contributed by atoms with Crippen LogP contribution in [0.5, 0.6) is 0 Å². The van der Waals surface area contributed by atoms with Gasteiger partial charge in [0, 0.05) is 12.8 Å². The Kier molecular flexibility index (Phi) is 42.7. The molecule has 2 unspecified atom stereocenters. The summed E-state index contributed by atoms with van der Waals surface area (Å²) in [6.45, 7) is 3.63. The minimum Gasteiger partial charge on any atom is -0.462 e. The highest BCUT2D eigenvalue weighted by Gasteiger charge is 2.46. The van der Waals surface area contributed by atoms with Gasteiger partial charge in [-0.25, -0.2) is 0 Å². The van der Waals surface area contributed by atoms with Crippen molar-refractivity contribution in [2.75, 3.05) is 19.0 Å². The largest absolute Gasteiger partial charge is 0.462 e. The maximum atomic E-state index is 12.9. The number of carbonyl (C=O) groups is 2. The average Bonchev–Trinajstić information content (AvgIpc) is 3.33. The van der Waals surface area contributed by atoms with Gasteiger partial charge in [0.1, 0.15) is 36.8 Å². The van der Waals surface area contributed by atoms with E-state index in [0.717, 1.165) is 70.6 Å². The van der Waals surface area contributed by atoms with E-state index >= 15 is 0 Å². The molecule has 1 saturated heterocycles. The zero-order valence-electron chi connectivity index (χ0n) is 43.6. The second-order valence-corrected chi connectivity index (χ2v) is 20.4. The molecule has 4 N–H and O–H groups in total. The second kappa shape index (κ2) is 45.9. The molecule has 70 heavy (non-hydrogen) atoms. The van der Waals surface area contributed by atoms with Crippen LogP contribution in [-0.4, -0.2) is 96.0 Å². The zero-order chi connectivity index (χ0) is 51.2. The molecule has 0 aromatic rings. The second-order valence-electron chi connectivity index (χ2n) is 18.9. The molecule has 0 aromatic carbocycles. The molecule has 0 radical (unpaired) electrons. The molecule has 0 aromatic heterocycles. The van der Waals surface area contributed by atoms with Crippen LogP contribution >= 0.6 is 0 Å². The summed E-state index contributed by atoms with van der Waals surface area (Å²) in [7, 11) is -4.62. The molecule has 12 nitrogen and oxygen atoms in total. The molecule has 0 saturated carbocycles. The van der Waals surface area contributed by atoms with Crippen molar-refractivity contribution in [1.29, 1.82) is 0 Å². The number of hydrogen-bond donors (Lipinski definition) is 4. The first kappa shape index (κ1) is 65.1. The Balaban J connectivity index is 2.37. The lowest BCUT2D eigenvalue weighted by Crippen LogP contribution is -2.60. The van der Waals surface area contributed by atoms with Gasteiger partial charge in [-0.2, -0.15) is 8.42 Å². The first-order valence-electron chi connectivity index (χ1n) is 27.5. The van der Waals surface area contributed by atoms with Crippen molar-refractivity contribution in [1.82, 2.24) is 0 Å². The van der Waals surface area contributed by atoms with Crippen LogP contribution in [0.2, 0.25) is 0 Å². The van der Waals surface area contributed by atoms with E-state index in [4.69, 9.17) is 18.9 Å². The summed E-state index contributed by atoms with van der Waals surface area (Å²) in [6.07, 6.45) is 51.0. The number of hydrogen-bond acceptors (Lipinski definition) is 11. The van der Waals surface area contributed by atoms with E-state index in [2.05, 4.69) is 86.8 Å². The molecule has 1 heterocycles. The SMILES string of the molecule is CC/C=C/C/C=C/C/C=C/C/C=C/C/C=C/CCCCCC(=O)O[C@H](COC(=O)CCC/C=C/CCCCCCCCCCCCCCCCCCCC)CO[C@H]1O[C@H](CS(=O)(=O)O)[C@@H](O)C(O)C1O. The van der Waals surface area contributed by atoms with Gasteiger partial charge in [-0.3, -0.25) is 14.1 Å². The number of unbranched alkanes of at least 4 members (excludes halogenated alkanes) is 22. The molecule has 404 valence electrons. The number of esters is 2. The van der Waals surface area contributed by atoms with E-state index in [9.17, 15) is 37.9 Å². The van der Waals surface area contributed by atoms with Crippen LogP contribution in [0.25, 0.3) is 0 Å². The normalized spacial score (nSPS) is 19.5. The molecule has 0 bridgehead atoms. The number of rotatable bonds is 46. The summed E-state index contributed by atoms with van der Waals surface area (Å²) in [5.41, 5.74) is 0. The summed E-state index contributed by atoms with van der Waals surface area (Å²) in [5, 5.41) is 31.0. The molecule has 0 amide bonds. The molecule has 1 aliphatic rings. The molecule has 0 aliphatic carbocycles. The fourth-order valence-corrected chi connectivity index (χ4v) is 8.75. The van der Waals surface area contributed by atoms with Crippen LogP contribution in [0.15, 0.2) is 72.9 Å². The molecule has 13 heteroatoms. The summed E-state index contributed by atoms with van der Waals surface area (Å²) in [6, 6.07) is 0. The first-order valence-corrected chi connectivity index (χ1v) is 29.1. The third-order valence-electron chi connectivity index (χ3n) is 12.3. The van der Waals surface area contributed by atoms with Gasteiger partial charge < -0.3 is 34.3 Å². The lowest BCUT2D eigenvalue weighted by molar-refractivity contribution is -0.297. The number of allylic oxidation sites excluding steroid dienone is 12. The van der Waals surface area contributed by atoms with Gasteiger partial charge in [0.05, 0.1) is 6.61 Å². The fraction of sp³-hybridized carbons (Fsp3) is 0.754. The zero-order valence-corrected chi connectivity index (χ0v) is 44.4. The number of aliphatic hydroxyl groups is 3. The van der Waals surface area contributed by atoms with Crippen molar-refractivity contribution in [3.63, 3.8) is 0 Å². The maximum Gasteiger partial charge on any atom is 0.306 e. The van der Waals surface area contributed by atoms with Crippen LogP contribution < -0.4 is 0 Å². The monoisotopic (exact) mass is 1010 g/mol. The van der Waals surface area contributed by atoms with Crippen LogP contribution in [0.3, 0.4) is 0 Å². The molecule has 1 fully saturated rings. The minimum atomic E-state index is -4.62. The summed E-state index contributed by atoms with van der Waals surface area (Å²) >= 11 is 0. The van der Waals surface area contributed by atoms with E-state index < -0.39 is 71.2 Å². The minimum absolute atomic E-state index is 0.117. The third-order valence-corrected chi connectivity index (χ3v) is 13.0. The van der Waals surface area contributed by atoms with Gasteiger partial charge in [0.15, 0.2) is 12.4 Å². The Morgan fingerprint density at radius 2 is 0.914 bits per heavy atom. The van der Waals surface area contributed by atoms with Crippen molar-refractivity contribution in [2.45, 2.75) is 256 Å². The van der Waals surface area contributed by atoms with E-state index in [1.54, 1.807) is 0 Å². The highest BCUT2D eigenvalue weighted by Crippen LogP contribution is 2.24. The van der Waals surface area contributed by atoms with Gasteiger partial charge in [-0.15, -0.1) is 0 Å². The number of aliphatic hydroxyl groups excluding tert-OH is 3. The standard InChI is InChI=1S/C57H98O12S/c1-3-5-7-9-11-13-15-17-19-21-23-24-25-26-28-29-31-33-35-37-39-41-43-45-52(58)66-47-50(48-67-57-56(62)55(61)54(60)51(69-57)49-70(63,64)65)68-53(59)46-44-42-40-38-36-34-32-30-27-22-20-18-16-14-12-10-8-6-4-2/h6,8,12,14,18,20,27,30,34,36-37,39,50-51,54-57,60-62H,3-5,7,9-11,13,15-17,19,21-26,28-29,31-33,35,38,40-49H2,1-2H3,(H,63,64,65)/b8-6+,14-12+,20-18+,30-27+,36-34+,39-37+/t50-,51-,54-,55?,56?,57+/m1/s1. The Labute approximate surface area is 425 Å². The average molecular weight is 1010 g/mol. The van der Waals surface area contributed by atoms with Crippen molar-refractivity contribution >= 4 is 22.1 Å². The van der Waals surface area contributed by atoms with Crippen LogP contribution in [-0.2, 0) is 38.7 Å². The summed E-state index contributed by atoms with van der Waals surface area (Å²) in [5.74, 6) is -2.07. The Hall–Kier alpha value is -2.91. The summed E-state index contributed by atoms with van der Waals surface area (Å²) in [4.78, 5) is 25.6. The smallest absolute Gasteiger partial charge is 0.306 e. The Morgan fingerprint density at radius 3 is 1.40 bits per heavy atom.